The highest BCUT2D eigenvalue weighted by Crippen LogP contribution is 2.21. The van der Waals surface area contributed by atoms with Crippen LogP contribution in [0.3, 0.4) is 0 Å². The molecule has 0 aromatic heterocycles. The van der Waals surface area contributed by atoms with E-state index in [2.05, 4.69) is 6.58 Å². The lowest BCUT2D eigenvalue weighted by Gasteiger charge is -2.22. The summed E-state index contributed by atoms with van der Waals surface area (Å²) in [5.74, 6) is -1.21. The van der Waals surface area contributed by atoms with Crippen LogP contribution in [-0.4, -0.2) is 37.2 Å². The third kappa shape index (κ3) is 9.01. The molecule has 0 fully saturated rings. The largest absolute Gasteiger partial charge is 0.462 e. The van der Waals surface area contributed by atoms with Crippen LogP contribution in [0.15, 0.2) is 12.2 Å². The third-order valence-electron chi connectivity index (χ3n) is 3.33. The van der Waals surface area contributed by atoms with E-state index in [9.17, 15) is 14.4 Å². The maximum Gasteiger partial charge on any atom is 0.333 e. The van der Waals surface area contributed by atoms with Crippen LogP contribution in [0.25, 0.3) is 0 Å². The zero-order valence-corrected chi connectivity index (χ0v) is 14.8. The van der Waals surface area contributed by atoms with Gasteiger partial charge in [0.05, 0.1) is 12.0 Å². The van der Waals surface area contributed by atoms with Crippen molar-refractivity contribution in [3.05, 3.63) is 12.2 Å². The molecule has 6 nitrogen and oxygen atoms in total. The predicted molar refractivity (Wildman–Crippen MR) is 85.6 cm³/mol. The lowest BCUT2D eigenvalue weighted by Crippen LogP contribution is -2.30. The van der Waals surface area contributed by atoms with Crippen molar-refractivity contribution >= 4 is 17.9 Å². The second-order valence-electron chi connectivity index (χ2n) is 6.16. The average Bonchev–Trinajstić information content (AvgIpc) is 2.48. The van der Waals surface area contributed by atoms with Crippen molar-refractivity contribution in [2.45, 2.75) is 60.0 Å². The number of rotatable bonds is 10. The van der Waals surface area contributed by atoms with Crippen molar-refractivity contribution in [2.75, 3.05) is 13.2 Å². The first-order chi connectivity index (χ1) is 10.6. The molecule has 0 aliphatic rings. The standard InChI is InChI=1S/C17H28O6/c1-7-17(5,6)16(20)22-11-13(4)23-14(18)9-8-10-21-15(19)12(2)3/h13H,2,7-11H2,1,3-6H3. The summed E-state index contributed by atoms with van der Waals surface area (Å²) in [6, 6.07) is 0. The van der Waals surface area contributed by atoms with Crippen LogP contribution in [-0.2, 0) is 28.6 Å². The molecule has 0 bridgehead atoms. The molecule has 0 N–H and O–H groups in total. The summed E-state index contributed by atoms with van der Waals surface area (Å²) in [4.78, 5) is 34.5. The molecule has 0 aromatic carbocycles. The zero-order valence-electron chi connectivity index (χ0n) is 14.8. The molecule has 0 rings (SSSR count). The van der Waals surface area contributed by atoms with E-state index < -0.39 is 23.5 Å². The molecule has 0 radical (unpaired) electrons. The fraction of sp³-hybridized carbons (Fsp3) is 0.706. The SMILES string of the molecule is C=C(C)C(=O)OCCCC(=O)OC(C)COC(=O)C(C)(C)CC. The van der Waals surface area contributed by atoms with Gasteiger partial charge in [-0.2, -0.15) is 0 Å². The van der Waals surface area contributed by atoms with Crippen LogP contribution in [0.1, 0.15) is 53.9 Å². The summed E-state index contributed by atoms with van der Waals surface area (Å²) in [5.41, 5.74) is -0.227. The minimum absolute atomic E-state index is 0.0264. The Bertz CT molecular complexity index is 438. The van der Waals surface area contributed by atoms with Gasteiger partial charge in [0.15, 0.2) is 0 Å². The monoisotopic (exact) mass is 328 g/mol. The second kappa shape index (κ2) is 10.0. The number of ether oxygens (including phenoxy) is 3. The van der Waals surface area contributed by atoms with Gasteiger partial charge in [0.2, 0.25) is 0 Å². The van der Waals surface area contributed by atoms with Crippen molar-refractivity contribution < 1.29 is 28.6 Å². The Kier molecular flexibility index (Phi) is 9.22. The van der Waals surface area contributed by atoms with Gasteiger partial charge < -0.3 is 14.2 Å². The quantitative estimate of drug-likeness (QED) is 0.265. The minimum atomic E-state index is -0.545. The van der Waals surface area contributed by atoms with Crippen LogP contribution >= 0.6 is 0 Å². The van der Waals surface area contributed by atoms with Gasteiger partial charge in [0.25, 0.3) is 0 Å². The Morgan fingerprint density at radius 1 is 1.17 bits per heavy atom. The Morgan fingerprint density at radius 2 is 1.78 bits per heavy atom. The van der Waals surface area contributed by atoms with E-state index in [4.69, 9.17) is 14.2 Å². The van der Waals surface area contributed by atoms with Gasteiger partial charge in [-0.15, -0.1) is 0 Å². The van der Waals surface area contributed by atoms with Crippen LogP contribution in [0.4, 0.5) is 0 Å². The molecule has 0 aromatic rings. The normalized spacial score (nSPS) is 12.2. The van der Waals surface area contributed by atoms with E-state index >= 15 is 0 Å². The summed E-state index contributed by atoms with van der Waals surface area (Å²) in [5, 5.41) is 0. The van der Waals surface area contributed by atoms with Crippen molar-refractivity contribution in [1.82, 2.24) is 0 Å². The fourth-order valence-electron chi connectivity index (χ4n) is 1.35. The van der Waals surface area contributed by atoms with Crippen LogP contribution in [0, 0.1) is 5.41 Å². The molecular weight excluding hydrogens is 300 g/mol. The first-order valence-electron chi connectivity index (χ1n) is 7.79. The molecule has 0 aliphatic carbocycles. The average molecular weight is 328 g/mol. The number of esters is 3. The molecule has 0 spiro atoms. The Balaban J connectivity index is 3.92. The molecule has 0 saturated carbocycles. The van der Waals surface area contributed by atoms with Crippen molar-refractivity contribution in [3.8, 4) is 0 Å². The maximum absolute atomic E-state index is 11.8. The van der Waals surface area contributed by atoms with E-state index in [1.807, 2.05) is 6.92 Å². The third-order valence-corrected chi connectivity index (χ3v) is 3.33. The molecule has 1 unspecified atom stereocenters. The molecule has 6 heteroatoms. The first-order valence-corrected chi connectivity index (χ1v) is 7.79. The number of hydrogen-bond acceptors (Lipinski definition) is 6. The highest BCUT2D eigenvalue weighted by Gasteiger charge is 2.27. The van der Waals surface area contributed by atoms with Gasteiger partial charge in [0.1, 0.15) is 12.7 Å². The van der Waals surface area contributed by atoms with E-state index in [0.29, 0.717) is 18.4 Å². The van der Waals surface area contributed by atoms with Gasteiger partial charge in [-0.25, -0.2) is 4.79 Å². The molecule has 0 saturated heterocycles. The van der Waals surface area contributed by atoms with E-state index in [1.165, 1.54) is 0 Å². The topological polar surface area (TPSA) is 78.9 Å². The smallest absolute Gasteiger partial charge is 0.333 e. The van der Waals surface area contributed by atoms with E-state index in [-0.39, 0.29) is 25.6 Å². The highest BCUT2D eigenvalue weighted by atomic mass is 16.6. The zero-order chi connectivity index (χ0) is 18.0. The molecule has 1 atom stereocenters. The number of carbonyl (C=O) groups excluding carboxylic acids is 3. The van der Waals surface area contributed by atoms with Crippen molar-refractivity contribution in [2.24, 2.45) is 5.41 Å². The van der Waals surface area contributed by atoms with E-state index in [0.717, 1.165) is 0 Å². The summed E-state index contributed by atoms with van der Waals surface area (Å²) in [7, 11) is 0. The number of carbonyl (C=O) groups is 3. The Hall–Kier alpha value is -1.85. The van der Waals surface area contributed by atoms with Crippen molar-refractivity contribution in [1.29, 1.82) is 0 Å². The molecule has 0 aliphatic heterocycles. The summed E-state index contributed by atoms with van der Waals surface area (Å²) in [6.07, 6.45) is 0.648. The molecular formula is C17H28O6. The Labute approximate surface area is 138 Å². The predicted octanol–water partition coefficient (Wildman–Crippen LogP) is 2.80. The molecule has 0 heterocycles. The van der Waals surface area contributed by atoms with Gasteiger partial charge in [-0.1, -0.05) is 13.5 Å². The summed E-state index contributed by atoms with van der Waals surface area (Å²) in [6.45, 7) is 12.3. The fourth-order valence-corrected chi connectivity index (χ4v) is 1.35. The van der Waals surface area contributed by atoms with Crippen molar-refractivity contribution in [3.63, 3.8) is 0 Å². The van der Waals surface area contributed by atoms with Gasteiger partial charge >= 0.3 is 17.9 Å². The molecule has 0 amide bonds. The van der Waals surface area contributed by atoms with Gasteiger partial charge in [-0.05, 0) is 40.5 Å². The summed E-state index contributed by atoms with van der Waals surface area (Å²) >= 11 is 0. The maximum atomic E-state index is 11.8. The van der Waals surface area contributed by atoms with Crippen LogP contribution in [0.2, 0.25) is 0 Å². The van der Waals surface area contributed by atoms with Crippen LogP contribution < -0.4 is 0 Å². The second-order valence-corrected chi connectivity index (χ2v) is 6.16. The van der Waals surface area contributed by atoms with E-state index in [1.54, 1.807) is 27.7 Å². The van der Waals surface area contributed by atoms with Gasteiger partial charge in [0, 0.05) is 12.0 Å². The molecule has 132 valence electrons. The van der Waals surface area contributed by atoms with Gasteiger partial charge in [-0.3, -0.25) is 9.59 Å². The highest BCUT2D eigenvalue weighted by molar-refractivity contribution is 5.86. The number of hydrogen-bond donors (Lipinski definition) is 0. The Morgan fingerprint density at radius 3 is 2.30 bits per heavy atom. The summed E-state index contributed by atoms with van der Waals surface area (Å²) < 4.78 is 15.1. The first kappa shape index (κ1) is 21.1. The van der Waals surface area contributed by atoms with Crippen LogP contribution in [0.5, 0.6) is 0 Å². The molecule has 23 heavy (non-hydrogen) atoms. The minimum Gasteiger partial charge on any atom is -0.462 e. The lowest BCUT2D eigenvalue weighted by atomic mass is 9.91. The lowest BCUT2D eigenvalue weighted by molar-refractivity contribution is -0.164.